The van der Waals surface area contributed by atoms with Crippen LogP contribution in [-0.2, 0) is 16.8 Å². The lowest BCUT2D eigenvalue weighted by atomic mass is 9.76. The van der Waals surface area contributed by atoms with Crippen LogP contribution in [0.3, 0.4) is 0 Å². The van der Waals surface area contributed by atoms with E-state index >= 15 is 0 Å². The van der Waals surface area contributed by atoms with Crippen LogP contribution in [0, 0.1) is 0 Å². The van der Waals surface area contributed by atoms with E-state index < -0.39 is 0 Å². The molecule has 2 aliphatic heterocycles. The number of amides is 1. The Labute approximate surface area is 118 Å². The zero-order chi connectivity index (χ0) is 14.2. The number of ether oxygens (including phenoxy) is 2. The molecule has 0 atom stereocenters. The predicted molar refractivity (Wildman–Crippen MR) is 75.2 cm³/mol. The van der Waals surface area contributed by atoms with Crippen molar-refractivity contribution >= 4 is 5.91 Å². The van der Waals surface area contributed by atoms with Gasteiger partial charge in [0, 0.05) is 0 Å². The first kappa shape index (κ1) is 13.2. The van der Waals surface area contributed by atoms with Gasteiger partial charge < -0.3 is 20.1 Å². The molecule has 2 heterocycles. The van der Waals surface area contributed by atoms with Crippen molar-refractivity contribution in [3.63, 3.8) is 0 Å². The number of rotatable bonds is 2. The largest absolute Gasteiger partial charge is 0.493 e. The van der Waals surface area contributed by atoms with E-state index in [4.69, 9.17) is 9.47 Å². The Morgan fingerprint density at radius 2 is 1.75 bits per heavy atom. The average Bonchev–Trinajstić information content (AvgIpc) is 2.46. The van der Waals surface area contributed by atoms with Gasteiger partial charge in [-0.25, -0.2) is 0 Å². The SMILES string of the molecule is COc1cc2c(cc1OC)C1(CCNCC1)NC(=O)C2. The van der Waals surface area contributed by atoms with E-state index in [1.807, 2.05) is 12.1 Å². The second kappa shape index (κ2) is 4.98. The number of carbonyl (C=O) groups is 1. The average molecular weight is 276 g/mol. The molecule has 2 aliphatic rings. The van der Waals surface area contributed by atoms with Gasteiger partial charge in [0.05, 0.1) is 26.2 Å². The molecule has 0 aromatic heterocycles. The highest BCUT2D eigenvalue weighted by atomic mass is 16.5. The molecular weight excluding hydrogens is 256 g/mol. The third-order valence-electron chi connectivity index (χ3n) is 4.31. The number of hydrogen-bond donors (Lipinski definition) is 2. The molecule has 0 saturated carbocycles. The molecule has 1 amide bonds. The van der Waals surface area contributed by atoms with E-state index in [1.54, 1.807) is 14.2 Å². The van der Waals surface area contributed by atoms with Crippen molar-refractivity contribution in [2.45, 2.75) is 24.8 Å². The summed E-state index contributed by atoms with van der Waals surface area (Å²) in [6.45, 7) is 1.82. The Morgan fingerprint density at radius 3 is 2.40 bits per heavy atom. The van der Waals surface area contributed by atoms with E-state index in [0.717, 1.165) is 37.2 Å². The van der Waals surface area contributed by atoms with Crippen LogP contribution in [0.1, 0.15) is 24.0 Å². The van der Waals surface area contributed by atoms with Crippen LogP contribution in [0.4, 0.5) is 0 Å². The zero-order valence-corrected chi connectivity index (χ0v) is 11.9. The van der Waals surface area contributed by atoms with Gasteiger partial charge in [-0.3, -0.25) is 4.79 Å². The molecule has 3 rings (SSSR count). The fourth-order valence-electron chi connectivity index (χ4n) is 3.31. The summed E-state index contributed by atoms with van der Waals surface area (Å²) >= 11 is 0. The summed E-state index contributed by atoms with van der Waals surface area (Å²) < 4.78 is 10.8. The minimum absolute atomic E-state index is 0.0895. The summed E-state index contributed by atoms with van der Waals surface area (Å²) in [5.74, 6) is 1.50. The standard InChI is InChI=1S/C15H20N2O3/c1-19-12-7-10-8-14(18)17-15(3-5-16-6-4-15)11(10)9-13(12)20-2/h7,9,16H,3-6,8H2,1-2H3,(H,17,18). The summed E-state index contributed by atoms with van der Waals surface area (Å²) in [6, 6.07) is 3.97. The lowest BCUT2D eigenvalue weighted by Gasteiger charge is -2.43. The second-order valence-corrected chi connectivity index (χ2v) is 5.42. The highest BCUT2D eigenvalue weighted by molar-refractivity contribution is 5.83. The molecule has 1 aromatic rings. The maximum Gasteiger partial charge on any atom is 0.225 e. The van der Waals surface area contributed by atoms with E-state index in [9.17, 15) is 4.79 Å². The fourth-order valence-corrected chi connectivity index (χ4v) is 3.31. The molecule has 1 aromatic carbocycles. The summed E-state index contributed by atoms with van der Waals surface area (Å²) in [4.78, 5) is 12.0. The van der Waals surface area contributed by atoms with Crippen molar-refractivity contribution in [2.75, 3.05) is 27.3 Å². The Hall–Kier alpha value is -1.75. The highest BCUT2D eigenvalue weighted by Crippen LogP contribution is 2.41. The number of hydrogen-bond acceptors (Lipinski definition) is 4. The highest BCUT2D eigenvalue weighted by Gasteiger charge is 2.41. The van der Waals surface area contributed by atoms with Gasteiger partial charge in [0.1, 0.15) is 0 Å². The molecule has 2 N–H and O–H groups in total. The van der Waals surface area contributed by atoms with Crippen molar-refractivity contribution in [3.8, 4) is 11.5 Å². The first-order valence-corrected chi connectivity index (χ1v) is 6.95. The number of nitrogens with one attached hydrogen (secondary N) is 2. The maximum absolute atomic E-state index is 12.0. The number of methoxy groups -OCH3 is 2. The molecule has 0 aliphatic carbocycles. The smallest absolute Gasteiger partial charge is 0.225 e. The summed E-state index contributed by atoms with van der Waals surface area (Å²) in [5.41, 5.74) is 1.97. The molecule has 1 fully saturated rings. The summed E-state index contributed by atoms with van der Waals surface area (Å²) in [6.07, 6.45) is 2.22. The lowest BCUT2D eigenvalue weighted by molar-refractivity contribution is -0.123. The minimum Gasteiger partial charge on any atom is -0.493 e. The summed E-state index contributed by atoms with van der Waals surface area (Å²) in [7, 11) is 3.26. The first-order chi connectivity index (χ1) is 9.68. The van der Waals surface area contributed by atoms with Crippen LogP contribution in [0.15, 0.2) is 12.1 Å². The molecule has 0 bridgehead atoms. The lowest BCUT2D eigenvalue weighted by Crippen LogP contribution is -2.55. The molecule has 20 heavy (non-hydrogen) atoms. The predicted octanol–water partition coefficient (Wildman–Crippen LogP) is 0.955. The van der Waals surface area contributed by atoms with E-state index in [1.165, 1.54) is 5.56 Å². The second-order valence-electron chi connectivity index (χ2n) is 5.42. The van der Waals surface area contributed by atoms with Crippen LogP contribution in [0.5, 0.6) is 11.5 Å². The van der Waals surface area contributed by atoms with Gasteiger partial charge in [-0.1, -0.05) is 0 Å². The molecule has 1 spiro atoms. The van der Waals surface area contributed by atoms with Gasteiger partial charge in [-0.15, -0.1) is 0 Å². The molecule has 0 unspecified atom stereocenters. The van der Waals surface area contributed by atoms with Crippen LogP contribution < -0.4 is 20.1 Å². The van der Waals surface area contributed by atoms with E-state index in [0.29, 0.717) is 12.2 Å². The van der Waals surface area contributed by atoms with Gasteiger partial charge in [-0.2, -0.15) is 0 Å². The Morgan fingerprint density at radius 1 is 1.10 bits per heavy atom. The fraction of sp³-hybridized carbons (Fsp3) is 0.533. The molecule has 5 heteroatoms. The van der Waals surface area contributed by atoms with Gasteiger partial charge in [0.2, 0.25) is 5.91 Å². The quantitative estimate of drug-likeness (QED) is 0.844. The van der Waals surface area contributed by atoms with Crippen LogP contribution >= 0.6 is 0 Å². The van der Waals surface area contributed by atoms with Crippen molar-refractivity contribution in [1.82, 2.24) is 10.6 Å². The molecule has 1 saturated heterocycles. The molecule has 5 nitrogen and oxygen atoms in total. The van der Waals surface area contributed by atoms with E-state index in [2.05, 4.69) is 10.6 Å². The Bertz CT molecular complexity index is 536. The first-order valence-electron chi connectivity index (χ1n) is 6.95. The van der Waals surface area contributed by atoms with Crippen molar-refractivity contribution < 1.29 is 14.3 Å². The third-order valence-corrected chi connectivity index (χ3v) is 4.31. The normalized spacial score (nSPS) is 20.2. The van der Waals surface area contributed by atoms with Gasteiger partial charge >= 0.3 is 0 Å². The Kier molecular flexibility index (Phi) is 3.30. The number of piperidine rings is 1. The van der Waals surface area contributed by atoms with Crippen molar-refractivity contribution in [1.29, 1.82) is 0 Å². The van der Waals surface area contributed by atoms with Crippen molar-refractivity contribution in [3.05, 3.63) is 23.3 Å². The molecular formula is C15H20N2O3. The number of benzene rings is 1. The molecule has 108 valence electrons. The molecule has 0 radical (unpaired) electrons. The van der Waals surface area contributed by atoms with Gasteiger partial charge in [-0.05, 0) is 49.2 Å². The Balaban J connectivity index is 2.12. The van der Waals surface area contributed by atoms with Crippen molar-refractivity contribution in [2.24, 2.45) is 0 Å². The number of carbonyl (C=O) groups excluding carboxylic acids is 1. The van der Waals surface area contributed by atoms with Crippen LogP contribution in [0.25, 0.3) is 0 Å². The monoisotopic (exact) mass is 276 g/mol. The zero-order valence-electron chi connectivity index (χ0n) is 11.9. The van der Waals surface area contributed by atoms with E-state index in [-0.39, 0.29) is 11.4 Å². The number of fused-ring (bicyclic) bond motifs is 2. The summed E-state index contributed by atoms with van der Waals surface area (Å²) in [5, 5.41) is 6.55. The van der Waals surface area contributed by atoms with Crippen LogP contribution in [-0.4, -0.2) is 33.2 Å². The maximum atomic E-state index is 12.0. The van der Waals surface area contributed by atoms with Crippen LogP contribution in [0.2, 0.25) is 0 Å². The van der Waals surface area contributed by atoms with Gasteiger partial charge in [0.15, 0.2) is 11.5 Å². The minimum atomic E-state index is -0.254. The topological polar surface area (TPSA) is 59.6 Å². The van der Waals surface area contributed by atoms with Gasteiger partial charge in [0.25, 0.3) is 0 Å². The third kappa shape index (κ3) is 2.02.